The van der Waals surface area contributed by atoms with Crippen LogP contribution in [-0.4, -0.2) is 11.5 Å². The first-order chi connectivity index (χ1) is 8.95. The second-order valence-electron chi connectivity index (χ2n) is 4.66. The highest BCUT2D eigenvalue weighted by Gasteiger charge is 2.18. The fraction of sp³-hybridized carbons (Fsp3) is 0.357. The summed E-state index contributed by atoms with van der Waals surface area (Å²) in [7, 11) is 0. The molecule has 0 bridgehead atoms. The fourth-order valence-electron chi connectivity index (χ4n) is 1.94. The van der Waals surface area contributed by atoms with Crippen molar-refractivity contribution in [3.8, 4) is 0 Å². The Kier molecular flexibility index (Phi) is 3.64. The molecule has 0 unspecified atom stereocenters. The van der Waals surface area contributed by atoms with Crippen molar-refractivity contribution in [2.75, 3.05) is 11.9 Å². The lowest BCUT2D eigenvalue weighted by Gasteiger charge is -2.13. The first-order valence-corrected chi connectivity index (χ1v) is 6.17. The summed E-state index contributed by atoms with van der Waals surface area (Å²) in [5, 5.41) is 2.96. The Hall–Kier alpha value is -1.78. The monoisotopic (exact) mass is 268 g/mol. The van der Waals surface area contributed by atoms with Gasteiger partial charge in [0.2, 0.25) is 0 Å². The highest BCUT2D eigenvalue weighted by Crippen LogP contribution is 2.30. The number of anilines is 1. The minimum absolute atomic E-state index is 0.00912. The van der Waals surface area contributed by atoms with E-state index in [4.69, 9.17) is 0 Å². The second-order valence-corrected chi connectivity index (χ2v) is 4.66. The van der Waals surface area contributed by atoms with Crippen LogP contribution in [0.2, 0.25) is 0 Å². The molecule has 2 aromatic rings. The van der Waals surface area contributed by atoms with Gasteiger partial charge in [0.25, 0.3) is 0 Å². The first kappa shape index (κ1) is 13.6. The van der Waals surface area contributed by atoms with Crippen molar-refractivity contribution < 1.29 is 13.2 Å². The van der Waals surface area contributed by atoms with Gasteiger partial charge in [0.1, 0.15) is 0 Å². The summed E-state index contributed by atoms with van der Waals surface area (Å²) in [5.41, 5.74) is 1.26. The molecule has 0 radical (unpaired) electrons. The maximum Gasteiger partial charge on any atom is 0.195 e. The van der Waals surface area contributed by atoms with Gasteiger partial charge in [-0.15, -0.1) is 0 Å². The maximum atomic E-state index is 13.9. The number of aromatic nitrogens is 1. The maximum absolute atomic E-state index is 13.9. The van der Waals surface area contributed by atoms with Gasteiger partial charge in [-0.3, -0.25) is 4.98 Å². The Morgan fingerprint density at radius 3 is 2.42 bits per heavy atom. The van der Waals surface area contributed by atoms with E-state index in [2.05, 4.69) is 10.3 Å². The molecule has 19 heavy (non-hydrogen) atoms. The largest absolute Gasteiger partial charge is 0.385 e. The van der Waals surface area contributed by atoms with Gasteiger partial charge in [0.05, 0.1) is 10.9 Å². The number of benzene rings is 1. The van der Waals surface area contributed by atoms with E-state index in [9.17, 15) is 13.2 Å². The third-order valence-electron chi connectivity index (χ3n) is 2.91. The molecule has 0 spiro atoms. The summed E-state index contributed by atoms with van der Waals surface area (Å²) in [6.45, 7) is 6.26. The lowest BCUT2D eigenvalue weighted by atomic mass is 10.1. The molecule has 1 N–H and O–H groups in total. The minimum Gasteiger partial charge on any atom is -0.385 e. The van der Waals surface area contributed by atoms with Crippen molar-refractivity contribution >= 4 is 16.6 Å². The van der Waals surface area contributed by atoms with Crippen LogP contribution in [0.25, 0.3) is 10.9 Å². The van der Waals surface area contributed by atoms with Crippen LogP contribution in [0.1, 0.15) is 32.4 Å². The topological polar surface area (TPSA) is 24.9 Å². The second kappa shape index (κ2) is 5.07. The van der Waals surface area contributed by atoms with Gasteiger partial charge in [0.15, 0.2) is 17.5 Å². The molecule has 102 valence electrons. The molecule has 0 saturated heterocycles. The third-order valence-corrected chi connectivity index (χ3v) is 2.91. The van der Waals surface area contributed by atoms with Crippen LogP contribution in [0.3, 0.4) is 0 Å². The summed E-state index contributed by atoms with van der Waals surface area (Å²) in [6, 6.07) is 2.61. The zero-order valence-corrected chi connectivity index (χ0v) is 11.0. The van der Waals surface area contributed by atoms with Gasteiger partial charge in [-0.05, 0) is 18.9 Å². The van der Waals surface area contributed by atoms with Crippen LogP contribution >= 0.6 is 0 Å². The van der Waals surface area contributed by atoms with Crippen molar-refractivity contribution in [2.24, 2.45) is 0 Å². The third kappa shape index (κ3) is 2.37. The first-order valence-electron chi connectivity index (χ1n) is 6.17. The lowest BCUT2D eigenvalue weighted by molar-refractivity contribution is 0.453. The van der Waals surface area contributed by atoms with E-state index in [1.807, 2.05) is 20.8 Å². The van der Waals surface area contributed by atoms with Gasteiger partial charge in [-0.2, -0.15) is 0 Å². The van der Waals surface area contributed by atoms with E-state index in [-0.39, 0.29) is 16.8 Å². The summed E-state index contributed by atoms with van der Waals surface area (Å²) < 4.78 is 40.5. The van der Waals surface area contributed by atoms with E-state index in [0.29, 0.717) is 17.9 Å². The highest BCUT2D eigenvalue weighted by molar-refractivity contribution is 5.92. The molecule has 0 saturated carbocycles. The van der Waals surface area contributed by atoms with Crippen molar-refractivity contribution in [1.82, 2.24) is 4.98 Å². The van der Waals surface area contributed by atoms with Gasteiger partial charge >= 0.3 is 0 Å². The Morgan fingerprint density at radius 1 is 1.16 bits per heavy atom. The van der Waals surface area contributed by atoms with Crippen molar-refractivity contribution in [1.29, 1.82) is 0 Å². The number of hydrogen-bond donors (Lipinski definition) is 1. The Labute approximate surface area is 109 Å². The molecule has 1 heterocycles. The molecule has 0 fully saturated rings. The zero-order valence-electron chi connectivity index (χ0n) is 11.0. The van der Waals surface area contributed by atoms with Crippen LogP contribution in [0.5, 0.6) is 0 Å². The number of nitrogens with zero attached hydrogens (tertiary/aromatic N) is 1. The number of hydrogen-bond acceptors (Lipinski definition) is 2. The van der Waals surface area contributed by atoms with Gasteiger partial charge in [-0.25, -0.2) is 13.2 Å². The standard InChI is InChI=1S/C14H15F3N2/c1-4-18-10-6-9(7(2)3)19-11-5-8(15)13(16)14(17)12(10)11/h5-7H,4H2,1-3H3,(H,18,19). The predicted molar refractivity (Wildman–Crippen MR) is 69.9 cm³/mol. The smallest absolute Gasteiger partial charge is 0.195 e. The molecule has 2 nitrogen and oxygen atoms in total. The minimum atomic E-state index is -1.47. The Bertz CT molecular complexity index is 624. The Balaban J connectivity index is 2.83. The van der Waals surface area contributed by atoms with Gasteiger partial charge < -0.3 is 5.32 Å². The van der Waals surface area contributed by atoms with Crippen LogP contribution in [0, 0.1) is 17.5 Å². The molecular weight excluding hydrogens is 253 g/mol. The van der Waals surface area contributed by atoms with Crippen LogP contribution in [0.4, 0.5) is 18.9 Å². The van der Waals surface area contributed by atoms with Gasteiger partial charge in [-0.1, -0.05) is 13.8 Å². The van der Waals surface area contributed by atoms with E-state index in [1.54, 1.807) is 6.07 Å². The number of rotatable bonds is 3. The number of fused-ring (bicyclic) bond motifs is 1. The molecule has 0 aliphatic heterocycles. The summed E-state index contributed by atoms with van der Waals surface area (Å²) in [5.74, 6) is -3.78. The number of halogens is 3. The van der Waals surface area contributed by atoms with E-state index >= 15 is 0 Å². The van der Waals surface area contributed by atoms with Crippen LogP contribution in [-0.2, 0) is 0 Å². The van der Waals surface area contributed by atoms with E-state index in [1.165, 1.54) is 0 Å². The molecule has 0 aliphatic carbocycles. The van der Waals surface area contributed by atoms with Gasteiger partial charge in [0, 0.05) is 24.0 Å². The molecule has 0 atom stereocenters. The molecule has 0 amide bonds. The number of pyridine rings is 1. The molecular formula is C14H15F3N2. The van der Waals surface area contributed by atoms with E-state index in [0.717, 1.165) is 6.07 Å². The summed E-state index contributed by atoms with van der Waals surface area (Å²) >= 11 is 0. The fourth-order valence-corrected chi connectivity index (χ4v) is 1.94. The van der Waals surface area contributed by atoms with Crippen molar-refractivity contribution in [3.05, 3.63) is 35.3 Å². The molecule has 0 aliphatic rings. The van der Waals surface area contributed by atoms with E-state index < -0.39 is 17.5 Å². The number of nitrogens with one attached hydrogen (secondary N) is 1. The molecule has 2 rings (SSSR count). The zero-order chi connectivity index (χ0) is 14.2. The van der Waals surface area contributed by atoms with Crippen LogP contribution < -0.4 is 5.32 Å². The van der Waals surface area contributed by atoms with Crippen LogP contribution in [0.15, 0.2) is 12.1 Å². The molecule has 1 aromatic carbocycles. The quantitative estimate of drug-likeness (QED) is 0.843. The predicted octanol–water partition coefficient (Wildman–Crippen LogP) is 4.21. The average Bonchev–Trinajstić information content (AvgIpc) is 2.35. The average molecular weight is 268 g/mol. The SMILES string of the molecule is CCNc1cc(C(C)C)nc2cc(F)c(F)c(F)c12. The van der Waals surface area contributed by atoms with Crippen molar-refractivity contribution in [2.45, 2.75) is 26.7 Å². The lowest BCUT2D eigenvalue weighted by Crippen LogP contribution is -2.04. The Morgan fingerprint density at radius 2 is 1.84 bits per heavy atom. The molecule has 5 heteroatoms. The molecule has 1 aromatic heterocycles. The normalized spacial score (nSPS) is 11.3. The summed E-state index contributed by atoms with van der Waals surface area (Å²) in [4.78, 5) is 4.19. The highest BCUT2D eigenvalue weighted by atomic mass is 19.2. The van der Waals surface area contributed by atoms with Crippen molar-refractivity contribution in [3.63, 3.8) is 0 Å². The summed E-state index contributed by atoms with van der Waals surface area (Å²) in [6.07, 6.45) is 0.